The van der Waals surface area contributed by atoms with E-state index < -0.39 is 11.8 Å². The van der Waals surface area contributed by atoms with Gasteiger partial charge in [-0.15, -0.1) is 0 Å². The summed E-state index contributed by atoms with van der Waals surface area (Å²) in [6, 6.07) is 13.8. The normalized spacial score (nSPS) is 15.1. The van der Waals surface area contributed by atoms with Gasteiger partial charge < -0.3 is 24.8 Å². The zero-order valence-electron chi connectivity index (χ0n) is 18.2. The van der Waals surface area contributed by atoms with Crippen LogP contribution in [0.15, 0.2) is 53.6 Å². The van der Waals surface area contributed by atoms with Crippen LogP contribution in [0.1, 0.15) is 18.4 Å². The lowest BCUT2D eigenvalue weighted by Crippen LogP contribution is -2.41. The predicted octanol–water partition coefficient (Wildman–Crippen LogP) is 1.46. The first-order valence-corrected chi connectivity index (χ1v) is 10.4. The molecule has 0 spiro atoms. The summed E-state index contributed by atoms with van der Waals surface area (Å²) in [7, 11) is 1.53. The number of nitrogens with one attached hydrogen (secondary N) is 3. The van der Waals surface area contributed by atoms with Crippen molar-refractivity contribution in [3.05, 3.63) is 54.1 Å². The molecular formula is C23H26N4O6. The van der Waals surface area contributed by atoms with Crippen molar-refractivity contribution in [1.82, 2.24) is 10.7 Å². The first-order valence-electron chi connectivity index (χ1n) is 10.4. The fraction of sp³-hybridized carbons (Fsp3) is 0.304. The Bertz CT molecular complexity index is 987. The van der Waals surface area contributed by atoms with Gasteiger partial charge in [-0.3, -0.25) is 14.4 Å². The first kappa shape index (κ1) is 23.7. The minimum Gasteiger partial charge on any atom is -0.495 e. The third-order valence-electron chi connectivity index (χ3n) is 4.73. The van der Waals surface area contributed by atoms with Gasteiger partial charge in [0.25, 0.3) is 5.91 Å². The van der Waals surface area contributed by atoms with Crippen molar-refractivity contribution in [3.8, 4) is 11.5 Å². The number of carbonyl (C=O) groups excluding carboxylic acids is 3. The van der Waals surface area contributed by atoms with Crippen LogP contribution in [0.5, 0.6) is 11.5 Å². The average molecular weight is 454 g/mol. The molecule has 1 fully saturated rings. The fourth-order valence-corrected chi connectivity index (χ4v) is 3.04. The molecule has 2 aromatic carbocycles. The highest BCUT2D eigenvalue weighted by Crippen LogP contribution is 2.22. The van der Waals surface area contributed by atoms with Gasteiger partial charge in [0, 0.05) is 13.2 Å². The van der Waals surface area contributed by atoms with E-state index in [1.165, 1.54) is 13.3 Å². The molecule has 1 aliphatic rings. The second kappa shape index (κ2) is 12.2. The number of methoxy groups -OCH3 is 1. The van der Waals surface area contributed by atoms with Crippen molar-refractivity contribution in [2.24, 2.45) is 5.10 Å². The van der Waals surface area contributed by atoms with Gasteiger partial charge in [-0.1, -0.05) is 12.1 Å². The largest absolute Gasteiger partial charge is 0.495 e. The van der Waals surface area contributed by atoms with E-state index in [0.717, 1.165) is 12.8 Å². The Labute approximate surface area is 191 Å². The maximum atomic E-state index is 12.1. The molecule has 10 nitrogen and oxygen atoms in total. The third-order valence-corrected chi connectivity index (χ3v) is 4.73. The molecule has 0 bridgehead atoms. The summed E-state index contributed by atoms with van der Waals surface area (Å²) in [5.41, 5.74) is 3.40. The maximum absolute atomic E-state index is 12.1. The topological polar surface area (TPSA) is 127 Å². The predicted molar refractivity (Wildman–Crippen MR) is 121 cm³/mol. The Kier molecular flexibility index (Phi) is 8.78. The standard InChI is InChI=1S/C23H26N4O6/c1-31-20-7-3-2-6-19(20)26-21(28)15-33-17-10-8-16(9-11-17)13-25-27-23(30)22(29)24-14-18-5-4-12-32-18/h2-3,6-11,13,18H,4-5,12,14-15H2,1H3,(H,24,29)(H,26,28)(H,27,30)/b25-13-/t18-/m0/s1. The molecule has 3 N–H and O–H groups in total. The Morgan fingerprint density at radius 2 is 1.91 bits per heavy atom. The lowest BCUT2D eigenvalue weighted by molar-refractivity contribution is -0.139. The van der Waals surface area contributed by atoms with E-state index >= 15 is 0 Å². The fourth-order valence-electron chi connectivity index (χ4n) is 3.04. The highest BCUT2D eigenvalue weighted by molar-refractivity contribution is 6.35. The molecule has 10 heteroatoms. The van der Waals surface area contributed by atoms with Gasteiger partial charge in [0.05, 0.1) is 25.1 Å². The molecule has 0 saturated carbocycles. The highest BCUT2D eigenvalue weighted by Gasteiger charge is 2.18. The monoisotopic (exact) mass is 454 g/mol. The average Bonchev–Trinajstić information content (AvgIpc) is 3.36. The number of hydrazone groups is 1. The summed E-state index contributed by atoms with van der Waals surface area (Å²) < 4.78 is 16.1. The van der Waals surface area contributed by atoms with Crippen LogP contribution in [0.2, 0.25) is 0 Å². The summed E-state index contributed by atoms with van der Waals surface area (Å²) in [5.74, 6) is -0.907. The van der Waals surface area contributed by atoms with Crippen LogP contribution in [0.3, 0.4) is 0 Å². The molecule has 3 rings (SSSR count). The molecule has 1 atom stereocenters. The van der Waals surface area contributed by atoms with Gasteiger partial charge in [0.2, 0.25) is 0 Å². The van der Waals surface area contributed by atoms with E-state index in [1.807, 2.05) is 6.07 Å². The Hall–Kier alpha value is -3.92. The van der Waals surface area contributed by atoms with Crippen LogP contribution < -0.4 is 25.5 Å². The summed E-state index contributed by atoms with van der Waals surface area (Å²) in [4.78, 5) is 35.6. The SMILES string of the molecule is COc1ccccc1NC(=O)COc1ccc(/C=N\NC(=O)C(=O)NC[C@@H]2CCCO2)cc1. The molecule has 33 heavy (non-hydrogen) atoms. The Balaban J connectivity index is 1.39. The van der Waals surface area contributed by atoms with Crippen LogP contribution in [-0.4, -0.2) is 56.9 Å². The van der Waals surface area contributed by atoms with E-state index in [2.05, 4.69) is 21.2 Å². The van der Waals surface area contributed by atoms with Gasteiger partial charge in [-0.25, -0.2) is 5.43 Å². The second-order valence-corrected chi connectivity index (χ2v) is 7.15. The third kappa shape index (κ3) is 7.62. The van der Waals surface area contributed by atoms with E-state index in [9.17, 15) is 14.4 Å². The van der Waals surface area contributed by atoms with E-state index in [0.29, 0.717) is 35.9 Å². The number of rotatable bonds is 9. The van der Waals surface area contributed by atoms with E-state index in [1.54, 1.807) is 42.5 Å². The van der Waals surface area contributed by atoms with Crippen molar-refractivity contribution in [2.75, 3.05) is 32.2 Å². The molecule has 1 aliphatic heterocycles. The van der Waals surface area contributed by atoms with Gasteiger partial charge in [-0.05, 0) is 54.8 Å². The maximum Gasteiger partial charge on any atom is 0.329 e. The lowest BCUT2D eigenvalue weighted by atomic mass is 10.2. The van der Waals surface area contributed by atoms with Crippen LogP contribution in [0, 0.1) is 0 Å². The number of hydrogen-bond donors (Lipinski definition) is 3. The number of carbonyl (C=O) groups is 3. The molecule has 0 unspecified atom stereocenters. The minimum absolute atomic E-state index is 0.0433. The number of benzene rings is 2. The summed E-state index contributed by atoms with van der Waals surface area (Å²) in [6.07, 6.45) is 3.17. The van der Waals surface area contributed by atoms with Gasteiger partial charge in [0.1, 0.15) is 11.5 Å². The summed E-state index contributed by atoms with van der Waals surface area (Å²) in [6.45, 7) is 0.799. The number of para-hydroxylation sites is 2. The van der Waals surface area contributed by atoms with Gasteiger partial charge in [0.15, 0.2) is 6.61 Å². The highest BCUT2D eigenvalue weighted by atomic mass is 16.5. The van der Waals surface area contributed by atoms with Crippen LogP contribution >= 0.6 is 0 Å². The molecule has 0 radical (unpaired) electrons. The molecule has 1 saturated heterocycles. The number of nitrogens with zero attached hydrogens (tertiary/aromatic N) is 1. The van der Waals surface area contributed by atoms with Crippen molar-refractivity contribution >= 4 is 29.6 Å². The Morgan fingerprint density at radius 3 is 2.64 bits per heavy atom. The number of hydrogen-bond acceptors (Lipinski definition) is 7. The zero-order chi connectivity index (χ0) is 23.5. The smallest absolute Gasteiger partial charge is 0.329 e. The molecule has 3 amide bonds. The minimum atomic E-state index is -0.856. The van der Waals surface area contributed by atoms with Crippen LogP contribution in [0.25, 0.3) is 0 Å². The number of anilines is 1. The van der Waals surface area contributed by atoms with Crippen LogP contribution in [0.4, 0.5) is 5.69 Å². The molecule has 0 aliphatic carbocycles. The van der Waals surface area contributed by atoms with Gasteiger partial charge in [-0.2, -0.15) is 5.10 Å². The Morgan fingerprint density at radius 1 is 1.12 bits per heavy atom. The second-order valence-electron chi connectivity index (χ2n) is 7.15. The van der Waals surface area contributed by atoms with Crippen molar-refractivity contribution < 1.29 is 28.6 Å². The van der Waals surface area contributed by atoms with Crippen molar-refractivity contribution in [1.29, 1.82) is 0 Å². The summed E-state index contributed by atoms with van der Waals surface area (Å²) in [5, 5.41) is 9.02. The molecular weight excluding hydrogens is 428 g/mol. The van der Waals surface area contributed by atoms with Crippen LogP contribution in [-0.2, 0) is 19.1 Å². The molecule has 2 aromatic rings. The number of amides is 3. The van der Waals surface area contributed by atoms with Gasteiger partial charge >= 0.3 is 11.8 Å². The molecule has 0 aromatic heterocycles. The molecule has 1 heterocycles. The lowest BCUT2D eigenvalue weighted by Gasteiger charge is -2.10. The molecule has 174 valence electrons. The zero-order valence-corrected chi connectivity index (χ0v) is 18.2. The van der Waals surface area contributed by atoms with E-state index in [-0.39, 0.29) is 18.6 Å². The number of ether oxygens (including phenoxy) is 3. The van der Waals surface area contributed by atoms with E-state index in [4.69, 9.17) is 14.2 Å². The van der Waals surface area contributed by atoms with Crippen molar-refractivity contribution in [3.63, 3.8) is 0 Å². The quantitative estimate of drug-likeness (QED) is 0.299. The summed E-state index contributed by atoms with van der Waals surface area (Å²) >= 11 is 0. The van der Waals surface area contributed by atoms with Crippen molar-refractivity contribution in [2.45, 2.75) is 18.9 Å². The first-order chi connectivity index (χ1) is 16.0.